The number of carbonyl (C=O) groups excluding carboxylic acids is 1. The molecule has 0 aliphatic heterocycles. The molecule has 0 bridgehead atoms. The van der Waals surface area contributed by atoms with Gasteiger partial charge >= 0.3 is 0 Å². The van der Waals surface area contributed by atoms with Crippen molar-refractivity contribution in [2.75, 3.05) is 11.4 Å². The zero-order valence-electron chi connectivity index (χ0n) is 16.0. The fourth-order valence-corrected chi connectivity index (χ4v) is 3.35. The predicted octanol–water partition coefficient (Wildman–Crippen LogP) is 4.50. The van der Waals surface area contributed by atoms with E-state index in [-0.39, 0.29) is 11.8 Å². The van der Waals surface area contributed by atoms with Crippen LogP contribution in [0.4, 0.5) is 5.69 Å². The van der Waals surface area contributed by atoms with Crippen LogP contribution in [0.25, 0.3) is 21.9 Å². The first kappa shape index (κ1) is 18.0. The second kappa shape index (κ2) is 6.16. The highest BCUT2D eigenvalue weighted by Gasteiger charge is 2.29. The molecule has 0 aliphatic rings. The van der Waals surface area contributed by atoms with Crippen molar-refractivity contribution in [3.63, 3.8) is 0 Å². The number of hydrogen-bond acceptors (Lipinski definition) is 3. The van der Waals surface area contributed by atoms with Crippen LogP contribution in [0.2, 0.25) is 0 Å². The quantitative estimate of drug-likeness (QED) is 0.707. The summed E-state index contributed by atoms with van der Waals surface area (Å²) in [5.74, 6) is -0.110. The van der Waals surface area contributed by atoms with Crippen LogP contribution in [0, 0.1) is 6.92 Å². The minimum atomic E-state index is -0.401. The Morgan fingerprint density at radius 3 is 2.62 bits per heavy atom. The van der Waals surface area contributed by atoms with Gasteiger partial charge in [0.05, 0.1) is 5.52 Å². The molecule has 26 heavy (non-hydrogen) atoms. The van der Waals surface area contributed by atoms with E-state index in [1.807, 2.05) is 52.0 Å². The van der Waals surface area contributed by atoms with Gasteiger partial charge in [-0.2, -0.15) is 0 Å². The number of carbonyl (C=O) groups is 1. The zero-order chi connectivity index (χ0) is 19.2. The molecule has 0 saturated carbocycles. The Bertz CT molecular complexity index is 1030. The molecule has 136 valence electrons. The van der Waals surface area contributed by atoms with Gasteiger partial charge in [-0.05, 0) is 45.4 Å². The Hall–Kier alpha value is -2.82. The van der Waals surface area contributed by atoms with E-state index in [0.29, 0.717) is 17.9 Å². The lowest BCUT2D eigenvalue weighted by molar-refractivity contribution is -0.116. The van der Waals surface area contributed by atoms with Crippen LogP contribution in [0.3, 0.4) is 0 Å². The Kier molecular flexibility index (Phi) is 4.26. The van der Waals surface area contributed by atoms with Crippen molar-refractivity contribution in [2.45, 2.75) is 40.2 Å². The van der Waals surface area contributed by atoms with Gasteiger partial charge in [0.1, 0.15) is 11.3 Å². The van der Waals surface area contributed by atoms with Gasteiger partial charge in [-0.3, -0.25) is 9.36 Å². The van der Waals surface area contributed by atoms with Crippen molar-refractivity contribution < 1.29 is 9.90 Å². The lowest BCUT2D eigenvalue weighted by atomic mass is 10.1. The first-order valence-electron chi connectivity index (χ1n) is 8.69. The summed E-state index contributed by atoms with van der Waals surface area (Å²) in [6.45, 7) is 13.6. The standard InChI is InChI=1S/C21H25N3O2/c1-7-10-23(14(3)25)18-16-12-15-9-8-13(2)11-17(15)22-19(16)24(20(18)26)21(4,5)6/h7-9,11-12,26H,1,10H2,2-6H3. The van der Waals surface area contributed by atoms with Gasteiger partial charge in [0.25, 0.3) is 0 Å². The number of aromatic nitrogens is 2. The van der Waals surface area contributed by atoms with E-state index in [0.717, 1.165) is 21.9 Å². The molecule has 0 spiro atoms. The Labute approximate surface area is 153 Å². The van der Waals surface area contributed by atoms with Crippen LogP contribution in [-0.4, -0.2) is 27.1 Å². The third-order valence-corrected chi connectivity index (χ3v) is 4.48. The lowest BCUT2D eigenvalue weighted by Crippen LogP contribution is -2.28. The second-order valence-electron chi connectivity index (χ2n) is 7.65. The van der Waals surface area contributed by atoms with E-state index in [1.54, 1.807) is 10.6 Å². The summed E-state index contributed by atoms with van der Waals surface area (Å²) in [5.41, 5.74) is 2.74. The summed E-state index contributed by atoms with van der Waals surface area (Å²) in [6.07, 6.45) is 1.65. The molecule has 0 unspecified atom stereocenters. The fourth-order valence-electron chi connectivity index (χ4n) is 3.35. The summed E-state index contributed by atoms with van der Waals surface area (Å²) in [5, 5.41) is 12.8. The first-order chi connectivity index (χ1) is 12.1. The van der Waals surface area contributed by atoms with E-state index in [4.69, 9.17) is 4.98 Å². The van der Waals surface area contributed by atoms with E-state index < -0.39 is 5.54 Å². The van der Waals surface area contributed by atoms with Gasteiger partial charge in [-0.1, -0.05) is 18.2 Å². The lowest BCUT2D eigenvalue weighted by Gasteiger charge is -2.24. The molecule has 1 N–H and O–H groups in total. The third-order valence-electron chi connectivity index (χ3n) is 4.48. The first-order valence-corrected chi connectivity index (χ1v) is 8.69. The molecule has 5 heteroatoms. The molecule has 1 amide bonds. The number of pyridine rings is 1. The van der Waals surface area contributed by atoms with Crippen LogP contribution >= 0.6 is 0 Å². The van der Waals surface area contributed by atoms with Crippen molar-refractivity contribution in [1.29, 1.82) is 0 Å². The predicted molar refractivity (Wildman–Crippen MR) is 107 cm³/mol. The number of nitrogens with zero attached hydrogens (tertiary/aromatic N) is 3. The monoisotopic (exact) mass is 351 g/mol. The van der Waals surface area contributed by atoms with Crippen LogP contribution in [0.15, 0.2) is 36.9 Å². The maximum Gasteiger partial charge on any atom is 0.224 e. The summed E-state index contributed by atoms with van der Waals surface area (Å²) < 4.78 is 1.79. The molecular weight excluding hydrogens is 326 g/mol. The molecule has 3 aromatic rings. The molecule has 5 nitrogen and oxygen atoms in total. The van der Waals surface area contributed by atoms with Crippen molar-refractivity contribution >= 4 is 33.5 Å². The van der Waals surface area contributed by atoms with Gasteiger partial charge < -0.3 is 10.0 Å². The van der Waals surface area contributed by atoms with Gasteiger partial charge in [0.15, 0.2) is 0 Å². The van der Waals surface area contributed by atoms with Crippen molar-refractivity contribution in [3.8, 4) is 5.88 Å². The maximum absolute atomic E-state index is 12.2. The second-order valence-corrected chi connectivity index (χ2v) is 7.65. The summed E-state index contributed by atoms with van der Waals surface area (Å²) in [4.78, 5) is 18.6. The maximum atomic E-state index is 12.2. The van der Waals surface area contributed by atoms with Gasteiger partial charge in [0, 0.05) is 29.8 Å². The molecule has 1 aromatic carbocycles. The van der Waals surface area contributed by atoms with E-state index in [1.165, 1.54) is 11.8 Å². The minimum absolute atomic E-state index is 0.0454. The van der Waals surface area contributed by atoms with Crippen LogP contribution in [0.1, 0.15) is 33.3 Å². The molecule has 2 heterocycles. The van der Waals surface area contributed by atoms with Gasteiger partial charge in [-0.25, -0.2) is 4.98 Å². The largest absolute Gasteiger partial charge is 0.493 e. The Morgan fingerprint density at radius 2 is 2.04 bits per heavy atom. The highest BCUT2D eigenvalue weighted by atomic mass is 16.3. The number of aryl methyl sites for hydroxylation is 1. The molecular formula is C21H25N3O2. The molecule has 0 fully saturated rings. The number of amides is 1. The van der Waals surface area contributed by atoms with Crippen LogP contribution in [0.5, 0.6) is 5.88 Å². The summed E-state index contributed by atoms with van der Waals surface area (Å²) in [7, 11) is 0. The average Bonchev–Trinajstić information content (AvgIpc) is 2.81. The molecule has 0 radical (unpaired) electrons. The molecule has 3 rings (SSSR count). The minimum Gasteiger partial charge on any atom is -0.493 e. The van der Waals surface area contributed by atoms with E-state index in [9.17, 15) is 9.90 Å². The van der Waals surface area contributed by atoms with Crippen molar-refractivity contribution in [2.24, 2.45) is 0 Å². The number of benzene rings is 1. The fraction of sp³-hybridized carbons (Fsp3) is 0.333. The van der Waals surface area contributed by atoms with E-state index in [2.05, 4.69) is 6.58 Å². The molecule has 0 aliphatic carbocycles. The topological polar surface area (TPSA) is 58.4 Å². The third kappa shape index (κ3) is 2.83. The summed E-state index contributed by atoms with van der Waals surface area (Å²) >= 11 is 0. The SMILES string of the molecule is C=CCN(C(C)=O)c1c(O)n(C(C)(C)C)c2nc3cc(C)ccc3cc12. The molecule has 0 saturated heterocycles. The van der Waals surface area contributed by atoms with Crippen LogP contribution in [-0.2, 0) is 10.3 Å². The Balaban J connectivity index is 2.47. The van der Waals surface area contributed by atoms with E-state index >= 15 is 0 Å². The number of rotatable bonds is 3. The number of anilines is 1. The molecule has 2 aromatic heterocycles. The number of hydrogen-bond donors (Lipinski definition) is 1. The highest BCUT2D eigenvalue weighted by molar-refractivity contribution is 6.07. The Morgan fingerprint density at radius 1 is 1.35 bits per heavy atom. The highest BCUT2D eigenvalue weighted by Crippen LogP contribution is 2.43. The number of aromatic hydroxyl groups is 1. The number of fused-ring (bicyclic) bond motifs is 2. The molecule has 0 atom stereocenters. The van der Waals surface area contributed by atoms with Crippen molar-refractivity contribution in [1.82, 2.24) is 9.55 Å². The smallest absolute Gasteiger partial charge is 0.224 e. The summed E-state index contributed by atoms with van der Waals surface area (Å²) in [6, 6.07) is 8.06. The van der Waals surface area contributed by atoms with Crippen molar-refractivity contribution in [3.05, 3.63) is 42.5 Å². The van der Waals surface area contributed by atoms with Gasteiger partial charge in [-0.15, -0.1) is 6.58 Å². The zero-order valence-corrected chi connectivity index (χ0v) is 16.0. The van der Waals surface area contributed by atoms with Gasteiger partial charge in [0.2, 0.25) is 11.8 Å². The van der Waals surface area contributed by atoms with Crippen LogP contribution < -0.4 is 4.90 Å². The average molecular weight is 351 g/mol. The normalized spacial score (nSPS) is 11.9.